The van der Waals surface area contributed by atoms with Crippen molar-refractivity contribution in [2.45, 2.75) is 6.92 Å². The number of nitrogens with one attached hydrogen (secondary N) is 1. The number of aryl methyl sites for hydroxylation is 1. The van der Waals surface area contributed by atoms with Crippen LogP contribution in [0.5, 0.6) is 0 Å². The predicted octanol–water partition coefficient (Wildman–Crippen LogP) is 2.48. The third-order valence-corrected chi connectivity index (χ3v) is 3.01. The van der Waals surface area contributed by atoms with Gasteiger partial charge in [0.1, 0.15) is 5.82 Å². The minimum atomic E-state index is -0.489. The van der Waals surface area contributed by atoms with Gasteiger partial charge in [0, 0.05) is 11.1 Å². The van der Waals surface area contributed by atoms with E-state index in [1.807, 2.05) is 0 Å². The molecule has 0 saturated heterocycles. The molecule has 4 N–H and O–H groups in total. The van der Waals surface area contributed by atoms with E-state index in [4.69, 9.17) is 10.9 Å². The molecule has 0 fully saturated rings. The van der Waals surface area contributed by atoms with Gasteiger partial charge >= 0.3 is 0 Å². The number of anilines is 1. The van der Waals surface area contributed by atoms with Gasteiger partial charge in [-0.1, -0.05) is 29.4 Å². The molecule has 0 aliphatic rings. The lowest BCUT2D eigenvalue weighted by atomic mass is 10.1. The van der Waals surface area contributed by atoms with Crippen LogP contribution in [-0.2, 0) is 0 Å². The number of amides is 1. The van der Waals surface area contributed by atoms with Gasteiger partial charge in [0.05, 0.1) is 5.69 Å². The number of benzene rings is 2. The molecule has 0 unspecified atom stereocenters. The van der Waals surface area contributed by atoms with Crippen LogP contribution in [0.1, 0.15) is 21.5 Å². The predicted molar refractivity (Wildman–Crippen MR) is 78.0 cm³/mol. The van der Waals surface area contributed by atoms with E-state index < -0.39 is 11.7 Å². The molecule has 0 aromatic heterocycles. The average Bonchev–Trinajstić information content (AvgIpc) is 2.50. The summed E-state index contributed by atoms with van der Waals surface area (Å²) in [7, 11) is 0. The highest BCUT2D eigenvalue weighted by Crippen LogP contribution is 2.19. The van der Waals surface area contributed by atoms with E-state index in [0.29, 0.717) is 16.7 Å². The normalized spacial score (nSPS) is 11.2. The molecule has 0 heterocycles. The van der Waals surface area contributed by atoms with E-state index in [1.54, 1.807) is 19.1 Å². The van der Waals surface area contributed by atoms with Gasteiger partial charge in [-0.2, -0.15) is 0 Å². The fourth-order valence-corrected chi connectivity index (χ4v) is 1.83. The molecule has 5 nitrogen and oxygen atoms in total. The van der Waals surface area contributed by atoms with Crippen LogP contribution in [0.2, 0.25) is 0 Å². The number of para-hydroxylation sites is 1. The third-order valence-electron chi connectivity index (χ3n) is 3.01. The lowest BCUT2D eigenvalue weighted by molar-refractivity contribution is 0.102. The SMILES string of the molecule is Cc1cccc(F)c1NC(=O)c1ccc(/C(N)=N/O)cc1. The Morgan fingerprint density at radius 2 is 1.81 bits per heavy atom. The highest BCUT2D eigenvalue weighted by Gasteiger charge is 2.11. The molecule has 2 rings (SSSR count). The summed E-state index contributed by atoms with van der Waals surface area (Å²) in [5.74, 6) is -0.974. The molecule has 2 aromatic carbocycles. The van der Waals surface area contributed by atoms with Crippen LogP contribution in [0.15, 0.2) is 47.6 Å². The van der Waals surface area contributed by atoms with Gasteiger partial charge in [-0.15, -0.1) is 0 Å². The van der Waals surface area contributed by atoms with E-state index >= 15 is 0 Å². The largest absolute Gasteiger partial charge is 0.409 e. The van der Waals surface area contributed by atoms with Gasteiger partial charge in [-0.25, -0.2) is 4.39 Å². The van der Waals surface area contributed by atoms with Crippen molar-refractivity contribution in [3.8, 4) is 0 Å². The molecule has 1 amide bonds. The summed E-state index contributed by atoms with van der Waals surface area (Å²) < 4.78 is 13.7. The van der Waals surface area contributed by atoms with Gasteiger partial charge in [-0.05, 0) is 30.7 Å². The Balaban J connectivity index is 2.21. The molecular formula is C15H14FN3O2. The van der Waals surface area contributed by atoms with Crippen molar-refractivity contribution in [2.24, 2.45) is 10.9 Å². The number of oxime groups is 1. The van der Waals surface area contributed by atoms with E-state index in [0.717, 1.165) is 0 Å². The molecule has 0 atom stereocenters. The third kappa shape index (κ3) is 3.17. The number of carbonyl (C=O) groups excluding carboxylic acids is 1. The van der Waals surface area contributed by atoms with E-state index in [-0.39, 0.29) is 11.5 Å². The molecule has 0 bridgehead atoms. The Labute approximate surface area is 120 Å². The summed E-state index contributed by atoms with van der Waals surface area (Å²) in [6.45, 7) is 1.71. The number of hydrogen-bond acceptors (Lipinski definition) is 3. The lowest BCUT2D eigenvalue weighted by Crippen LogP contribution is -2.16. The van der Waals surface area contributed by atoms with Crippen LogP contribution >= 0.6 is 0 Å². The molecule has 0 aliphatic heterocycles. The van der Waals surface area contributed by atoms with E-state index in [2.05, 4.69) is 10.5 Å². The first kappa shape index (κ1) is 14.5. The maximum Gasteiger partial charge on any atom is 0.255 e. The van der Waals surface area contributed by atoms with Crippen LogP contribution in [-0.4, -0.2) is 17.0 Å². The number of nitrogens with zero attached hydrogens (tertiary/aromatic N) is 1. The molecule has 0 spiro atoms. The Morgan fingerprint density at radius 3 is 2.38 bits per heavy atom. The first-order valence-corrected chi connectivity index (χ1v) is 6.17. The Morgan fingerprint density at radius 1 is 1.19 bits per heavy atom. The number of rotatable bonds is 3. The Bertz CT molecular complexity index is 676. The Hall–Kier alpha value is -2.89. The maximum atomic E-state index is 13.7. The standard InChI is InChI=1S/C15H14FN3O2/c1-9-3-2-4-12(16)13(9)18-15(20)11-7-5-10(6-8-11)14(17)19-21/h2-8,21H,1H3,(H2,17,19)(H,18,20). The van der Waals surface area contributed by atoms with Crippen LogP contribution in [0.3, 0.4) is 0 Å². The summed E-state index contributed by atoms with van der Waals surface area (Å²) in [5, 5.41) is 14.0. The average molecular weight is 287 g/mol. The minimum Gasteiger partial charge on any atom is -0.409 e. The zero-order valence-corrected chi connectivity index (χ0v) is 11.3. The minimum absolute atomic E-state index is 0.0492. The zero-order chi connectivity index (χ0) is 15.4. The second-order valence-corrected chi connectivity index (χ2v) is 4.45. The molecule has 0 radical (unpaired) electrons. The van der Waals surface area contributed by atoms with Crippen molar-refractivity contribution in [2.75, 3.05) is 5.32 Å². The molecule has 0 saturated carbocycles. The van der Waals surface area contributed by atoms with Crippen molar-refractivity contribution in [3.05, 3.63) is 65.0 Å². The van der Waals surface area contributed by atoms with Gasteiger partial charge in [-0.3, -0.25) is 4.79 Å². The van der Waals surface area contributed by atoms with Crippen molar-refractivity contribution in [3.63, 3.8) is 0 Å². The molecular weight excluding hydrogens is 273 g/mol. The fraction of sp³-hybridized carbons (Fsp3) is 0.0667. The van der Waals surface area contributed by atoms with E-state index in [1.165, 1.54) is 30.3 Å². The summed E-state index contributed by atoms with van der Waals surface area (Å²) in [4.78, 5) is 12.1. The lowest BCUT2D eigenvalue weighted by Gasteiger charge is -2.09. The quantitative estimate of drug-likeness (QED) is 0.351. The fourth-order valence-electron chi connectivity index (χ4n) is 1.83. The molecule has 0 aliphatic carbocycles. The van der Waals surface area contributed by atoms with Crippen LogP contribution in [0.4, 0.5) is 10.1 Å². The number of carbonyl (C=O) groups is 1. The molecule has 21 heavy (non-hydrogen) atoms. The van der Waals surface area contributed by atoms with E-state index in [9.17, 15) is 9.18 Å². The second kappa shape index (κ2) is 6.04. The first-order valence-electron chi connectivity index (χ1n) is 6.17. The first-order chi connectivity index (χ1) is 10.0. The number of hydrogen-bond donors (Lipinski definition) is 3. The maximum absolute atomic E-state index is 13.7. The monoisotopic (exact) mass is 287 g/mol. The summed E-state index contributed by atoms with van der Waals surface area (Å²) in [6.07, 6.45) is 0. The van der Waals surface area contributed by atoms with Crippen molar-refractivity contribution in [1.82, 2.24) is 0 Å². The number of halogens is 1. The highest BCUT2D eigenvalue weighted by molar-refractivity contribution is 6.05. The zero-order valence-electron chi connectivity index (χ0n) is 11.3. The second-order valence-electron chi connectivity index (χ2n) is 4.45. The van der Waals surface area contributed by atoms with Crippen LogP contribution in [0, 0.1) is 12.7 Å². The molecule has 6 heteroatoms. The summed E-state index contributed by atoms with van der Waals surface area (Å²) in [6, 6.07) is 10.7. The van der Waals surface area contributed by atoms with Crippen molar-refractivity contribution < 1.29 is 14.4 Å². The van der Waals surface area contributed by atoms with Crippen molar-refractivity contribution in [1.29, 1.82) is 0 Å². The summed E-state index contributed by atoms with van der Waals surface area (Å²) in [5.41, 5.74) is 7.05. The Kier molecular flexibility index (Phi) is 4.18. The molecule has 2 aromatic rings. The van der Waals surface area contributed by atoms with Crippen molar-refractivity contribution >= 4 is 17.4 Å². The number of nitrogens with two attached hydrogens (primary N) is 1. The van der Waals surface area contributed by atoms with Crippen LogP contribution < -0.4 is 11.1 Å². The van der Waals surface area contributed by atoms with Gasteiger partial charge in [0.15, 0.2) is 5.84 Å². The molecule has 108 valence electrons. The van der Waals surface area contributed by atoms with Gasteiger partial charge in [0.2, 0.25) is 0 Å². The van der Waals surface area contributed by atoms with Gasteiger partial charge in [0.25, 0.3) is 5.91 Å². The summed E-state index contributed by atoms with van der Waals surface area (Å²) >= 11 is 0. The van der Waals surface area contributed by atoms with Gasteiger partial charge < -0.3 is 16.3 Å². The topological polar surface area (TPSA) is 87.7 Å². The van der Waals surface area contributed by atoms with Crippen LogP contribution in [0.25, 0.3) is 0 Å². The highest BCUT2D eigenvalue weighted by atomic mass is 19.1. The number of amidine groups is 1. The smallest absolute Gasteiger partial charge is 0.255 e.